The van der Waals surface area contributed by atoms with Gasteiger partial charge < -0.3 is 29.3 Å². The highest BCUT2D eigenvalue weighted by molar-refractivity contribution is 5.70. The number of aliphatic hydroxyl groups is 2. The van der Waals surface area contributed by atoms with Crippen LogP contribution in [0.5, 0.6) is 11.5 Å². The molecule has 1 heterocycles. The summed E-state index contributed by atoms with van der Waals surface area (Å²) in [5.74, 6) is 0.809. The number of methoxy groups -OCH3 is 2. The fourth-order valence-corrected chi connectivity index (χ4v) is 4.63. The number of likely N-dealkylation sites (tertiary alicyclic amines) is 1. The van der Waals surface area contributed by atoms with Crippen molar-refractivity contribution < 1.29 is 34.1 Å². The van der Waals surface area contributed by atoms with Gasteiger partial charge in [-0.3, -0.25) is 10.1 Å². The first kappa shape index (κ1) is 26.2. The molecule has 0 spiro atoms. The Hall–Kier alpha value is -3.37. The summed E-state index contributed by atoms with van der Waals surface area (Å²) in [5.41, 5.74) is 0.692. The molecule has 0 aromatic heterocycles. The summed E-state index contributed by atoms with van der Waals surface area (Å²) in [4.78, 5) is 26.5. The number of nitrogens with zero attached hydrogens (tertiary/aromatic N) is 2. The van der Waals surface area contributed by atoms with E-state index in [1.54, 1.807) is 23.1 Å². The number of nitro groups is 1. The standard InChI is InChI=1S/C25H32N2O8/c1-15-6-5-7-16(2)26(15)25(30)35-24(17-8-9-22(33-3)23(12-17)34-4)20-10-18(13-28)19(14-29)11-21(20)27(31)32/h8-12,15-16,24,28-29H,5-7,13-14H2,1-4H3. The van der Waals surface area contributed by atoms with Crippen LogP contribution in [0.4, 0.5) is 10.5 Å². The molecule has 1 fully saturated rings. The Kier molecular flexibility index (Phi) is 8.52. The van der Waals surface area contributed by atoms with E-state index in [2.05, 4.69) is 0 Å². The van der Waals surface area contributed by atoms with Crippen LogP contribution in [0.3, 0.4) is 0 Å². The second-order valence-corrected chi connectivity index (χ2v) is 8.67. The van der Waals surface area contributed by atoms with Gasteiger partial charge in [0.15, 0.2) is 17.6 Å². The second kappa shape index (κ2) is 11.4. The predicted octanol–water partition coefficient (Wildman–Crippen LogP) is 4.09. The van der Waals surface area contributed by atoms with Crippen molar-refractivity contribution in [2.45, 2.75) is 64.5 Å². The van der Waals surface area contributed by atoms with Gasteiger partial charge >= 0.3 is 6.09 Å². The third kappa shape index (κ3) is 5.49. The zero-order valence-corrected chi connectivity index (χ0v) is 20.4. The number of benzene rings is 2. The number of carbonyl (C=O) groups excluding carboxylic acids is 1. The molecule has 0 bridgehead atoms. The number of piperidine rings is 1. The smallest absolute Gasteiger partial charge is 0.411 e. The van der Waals surface area contributed by atoms with E-state index in [1.165, 1.54) is 26.4 Å². The summed E-state index contributed by atoms with van der Waals surface area (Å²) < 4.78 is 16.7. The molecule has 3 rings (SSSR count). The molecule has 1 aliphatic rings. The summed E-state index contributed by atoms with van der Waals surface area (Å²) in [7, 11) is 2.95. The molecular weight excluding hydrogens is 456 g/mol. The van der Waals surface area contributed by atoms with Crippen molar-refractivity contribution in [3.63, 3.8) is 0 Å². The molecule has 35 heavy (non-hydrogen) atoms. The summed E-state index contributed by atoms with van der Waals surface area (Å²) in [6.07, 6.45) is 0.901. The van der Waals surface area contributed by atoms with Gasteiger partial charge in [-0.05, 0) is 62.4 Å². The SMILES string of the molecule is COc1ccc(C(OC(=O)N2C(C)CCCC2C)c2cc(CO)c(CO)cc2[N+](=O)[O-])cc1OC. The van der Waals surface area contributed by atoms with Gasteiger partial charge in [0.2, 0.25) is 0 Å². The van der Waals surface area contributed by atoms with E-state index in [-0.39, 0.29) is 28.9 Å². The van der Waals surface area contributed by atoms with Gasteiger partial charge in [0.05, 0.1) is 37.9 Å². The Balaban J connectivity index is 2.17. The van der Waals surface area contributed by atoms with Crippen LogP contribution in [0.15, 0.2) is 30.3 Å². The molecule has 190 valence electrons. The first-order valence-corrected chi connectivity index (χ1v) is 11.5. The first-order chi connectivity index (χ1) is 16.7. The lowest BCUT2D eigenvalue weighted by molar-refractivity contribution is -0.386. The van der Waals surface area contributed by atoms with Gasteiger partial charge in [-0.1, -0.05) is 6.07 Å². The zero-order valence-electron chi connectivity index (χ0n) is 20.4. The Morgan fingerprint density at radius 2 is 1.66 bits per heavy atom. The number of amides is 1. The minimum Gasteiger partial charge on any atom is -0.493 e. The van der Waals surface area contributed by atoms with Crippen molar-refractivity contribution in [2.75, 3.05) is 14.2 Å². The van der Waals surface area contributed by atoms with Crippen molar-refractivity contribution in [3.05, 3.63) is 62.7 Å². The van der Waals surface area contributed by atoms with Crippen LogP contribution in [0.2, 0.25) is 0 Å². The van der Waals surface area contributed by atoms with E-state index in [4.69, 9.17) is 14.2 Å². The summed E-state index contributed by atoms with van der Waals surface area (Å²) in [6.45, 7) is 2.96. The maximum atomic E-state index is 13.4. The van der Waals surface area contributed by atoms with Crippen molar-refractivity contribution >= 4 is 11.8 Å². The average molecular weight is 489 g/mol. The number of rotatable bonds is 8. The fourth-order valence-electron chi connectivity index (χ4n) is 4.63. The normalized spacial score (nSPS) is 18.6. The van der Waals surface area contributed by atoms with E-state index in [9.17, 15) is 25.1 Å². The van der Waals surface area contributed by atoms with Crippen LogP contribution in [0.25, 0.3) is 0 Å². The Labute approximate surface area is 204 Å². The third-order valence-electron chi connectivity index (χ3n) is 6.50. The van der Waals surface area contributed by atoms with Crippen LogP contribution in [0.1, 0.15) is 61.5 Å². The minimum atomic E-state index is -1.18. The molecule has 10 nitrogen and oxygen atoms in total. The summed E-state index contributed by atoms with van der Waals surface area (Å²) in [6, 6.07) is 7.39. The number of nitro benzene ring substituents is 1. The molecule has 2 aromatic rings. The number of ether oxygens (including phenoxy) is 3. The monoisotopic (exact) mass is 488 g/mol. The molecule has 1 saturated heterocycles. The van der Waals surface area contributed by atoms with Crippen molar-refractivity contribution in [3.8, 4) is 11.5 Å². The third-order valence-corrected chi connectivity index (χ3v) is 6.50. The highest BCUT2D eigenvalue weighted by atomic mass is 16.6. The lowest BCUT2D eigenvalue weighted by atomic mass is 9.94. The van der Waals surface area contributed by atoms with Gasteiger partial charge in [-0.2, -0.15) is 0 Å². The summed E-state index contributed by atoms with van der Waals surface area (Å²) in [5, 5.41) is 31.5. The van der Waals surface area contributed by atoms with Gasteiger partial charge in [-0.15, -0.1) is 0 Å². The van der Waals surface area contributed by atoms with E-state index in [1.807, 2.05) is 13.8 Å². The van der Waals surface area contributed by atoms with E-state index >= 15 is 0 Å². The Morgan fingerprint density at radius 1 is 1.06 bits per heavy atom. The van der Waals surface area contributed by atoms with Gasteiger partial charge in [-0.25, -0.2) is 4.79 Å². The van der Waals surface area contributed by atoms with E-state index in [0.29, 0.717) is 22.6 Å². The van der Waals surface area contributed by atoms with Crippen LogP contribution < -0.4 is 9.47 Å². The van der Waals surface area contributed by atoms with Crippen molar-refractivity contribution in [1.29, 1.82) is 0 Å². The number of carbonyl (C=O) groups is 1. The lowest BCUT2D eigenvalue weighted by Crippen LogP contribution is -2.48. The quantitative estimate of drug-likeness (QED) is 0.420. The zero-order chi connectivity index (χ0) is 25.7. The molecule has 1 amide bonds. The molecule has 0 aliphatic carbocycles. The molecule has 2 aromatic carbocycles. The molecule has 3 unspecified atom stereocenters. The lowest BCUT2D eigenvalue weighted by Gasteiger charge is -2.39. The minimum absolute atomic E-state index is 0.0444. The largest absolute Gasteiger partial charge is 0.493 e. The molecule has 1 aliphatic heterocycles. The fraction of sp³-hybridized carbons (Fsp3) is 0.480. The molecule has 0 radical (unpaired) electrons. The number of aliphatic hydroxyl groups excluding tert-OH is 2. The molecule has 3 atom stereocenters. The Morgan fingerprint density at radius 3 is 2.20 bits per heavy atom. The van der Waals surface area contributed by atoms with Gasteiger partial charge in [0, 0.05) is 23.7 Å². The molecule has 2 N–H and O–H groups in total. The number of hydrogen-bond donors (Lipinski definition) is 2. The topological polar surface area (TPSA) is 132 Å². The van der Waals surface area contributed by atoms with Crippen LogP contribution in [0, 0.1) is 10.1 Å². The predicted molar refractivity (Wildman–Crippen MR) is 127 cm³/mol. The first-order valence-electron chi connectivity index (χ1n) is 11.5. The van der Waals surface area contributed by atoms with Crippen molar-refractivity contribution in [2.24, 2.45) is 0 Å². The van der Waals surface area contributed by atoms with Gasteiger partial charge in [0.1, 0.15) is 0 Å². The highest BCUT2D eigenvalue weighted by Gasteiger charge is 2.35. The highest BCUT2D eigenvalue weighted by Crippen LogP contribution is 2.39. The maximum Gasteiger partial charge on any atom is 0.411 e. The van der Waals surface area contributed by atoms with Crippen molar-refractivity contribution in [1.82, 2.24) is 4.90 Å². The van der Waals surface area contributed by atoms with Gasteiger partial charge in [0.25, 0.3) is 5.69 Å². The molecular formula is C25H32N2O8. The van der Waals surface area contributed by atoms with E-state index < -0.39 is 30.3 Å². The van der Waals surface area contributed by atoms with Crippen LogP contribution in [-0.4, -0.2) is 52.4 Å². The molecule has 10 heteroatoms. The average Bonchev–Trinajstić information content (AvgIpc) is 2.85. The Bertz CT molecular complexity index is 1060. The van der Waals surface area contributed by atoms with E-state index in [0.717, 1.165) is 19.3 Å². The van der Waals surface area contributed by atoms with Crippen LogP contribution >= 0.6 is 0 Å². The second-order valence-electron chi connectivity index (χ2n) is 8.67. The molecule has 0 saturated carbocycles. The maximum absolute atomic E-state index is 13.4. The number of hydrogen-bond acceptors (Lipinski definition) is 8. The van der Waals surface area contributed by atoms with Crippen LogP contribution in [-0.2, 0) is 18.0 Å². The summed E-state index contributed by atoms with van der Waals surface area (Å²) >= 11 is 0.